The van der Waals surface area contributed by atoms with Crippen LogP contribution in [0.3, 0.4) is 0 Å². The monoisotopic (exact) mass is 237 g/mol. The summed E-state index contributed by atoms with van der Waals surface area (Å²) in [7, 11) is 0. The molecular weight excluding hydrogens is 228 g/mol. The van der Waals surface area contributed by atoms with Gasteiger partial charge in [-0.25, -0.2) is 0 Å². The van der Waals surface area contributed by atoms with Crippen molar-refractivity contribution >= 4 is 5.91 Å². The number of amides is 1. The second-order valence-corrected chi connectivity index (χ2v) is 3.18. The van der Waals surface area contributed by atoms with E-state index >= 15 is 0 Å². The van der Waals surface area contributed by atoms with Gasteiger partial charge in [0.25, 0.3) is 0 Å². The summed E-state index contributed by atoms with van der Waals surface area (Å²) >= 11 is 0. The average molecular weight is 237 g/mol. The molecule has 0 heterocycles. The number of carbonyl (C=O) groups is 1. The molecular formula is C7H9F6NO. The minimum absolute atomic E-state index is 0.907. The summed E-state index contributed by atoms with van der Waals surface area (Å²) in [4.78, 5) is 10.7. The van der Waals surface area contributed by atoms with Crippen molar-refractivity contribution in [2.45, 2.75) is 32.2 Å². The molecule has 0 rings (SSSR count). The molecule has 15 heavy (non-hydrogen) atoms. The number of carbonyl (C=O) groups excluding carboxylic acids is 1. The van der Waals surface area contributed by atoms with E-state index in [4.69, 9.17) is 0 Å². The molecule has 0 spiro atoms. The summed E-state index contributed by atoms with van der Waals surface area (Å²) in [6.07, 6.45) is -11.1. The number of rotatable bonds is 2. The summed E-state index contributed by atoms with van der Waals surface area (Å²) in [5.41, 5.74) is 0. The number of nitrogens with one attached hydrogen (secondary N) is 1. The molecule has 0 saturated heterocycles. The Morgan fingerprint density at radius 1 is 1.00 bits per heavy atom. The lowest BCUT2D eigenvalue weighted by atomic mass is 10.2. The molecule has 0 radical (unpaired) electrons. The zero-order valence-corrected chi connectivity index (χ0v) is 7.83. The Labute approximate surface area is 81.6 Å². The lowest BCUT2D eigenvalue weighted by molar-refractivity contribution is -0.257. The first-order chi connectivity index (χ1) is 6.46. The molecule has 90 valence electrons. The van der Waals surface area contributed by atoms with Gasteiger partial charge in [0.05, 0.1) is 0 Å². The van der Waals surface area contributed by atoms with Crippen LogP contribution in [0.1, 0.15) is 13.8 Å². The standard InChI is InChI=1S/C7H9F6NO/c1-3(2)4(15)14-5(6(8,9)10)7(11,12)13/h3,5H,1-2H3,(H,14,15). The van der Waals surface area contributed by atoms with Gasteiger partial charge in [-0.1, -0.05) is 13.8 Å². The van der Waals surface area contributed by atoms with Crippen molar-refractivity contribution in [1.29, 1.82) is 0 Å². The highest BCUT2D eigenvalue weighted by Crippen LogP contribution is 2.33. The molecule has 0 aliphatic heterocycles. The maximum absolute atomic E-state index is 11.9. The van der Waals surface area contributed by atoms with Crippen LogP contribution >= 0.6 is 0 Å². The number of halogens is 6. The quantitative estimate of drug-likeness (QED) is 0.733. The maximum atomic E-state index is 11.9. The molecule has 0 unspecified atom stereocenters. The van der Waals surface area contributed by atoms with Gasteiger partial charge in [-0.3, -0.25) is 4.79 Å². The second-order valence-electron chi connectivity index (χ2n) is 3.18. The third-order valence-electron chi connectivity index (χ3n) is 1.47. The Morgan fingerprint density at radius 2 is 1.33 bits per heavy atom. The average Bonchev–Trinajstić information content (AvgIpc) is 1.94. The van der Waals surface area contributed by atoms with Gasteiger partial charge in [-0.15, -0.1) is 0 Å². The normalized spacial score (nSPS) is 13.5. The van der Waals surface area contributed by atoms with E-state index in [-0.39, 0.29) is 0 Å². The molecule has 8 heteroatoms. The van der Waals surface area contributed by atoms with Crippen molar-refractivity contribution in [3.63, 3.8) is 0 Å². The Balaban J connectivity index is 4.77. The fraction of sp³-hybridized carbons (Fsp3) is 0.857. The van der Waals surface area contributed by atoms with Crippen LogP contribution in [0.5, 0.6) is 0 Å². The number of hydrogen-bond donors (Lipinski definition) is 1. The first-order valence-electron chi connectivity index (χ1n) is 3.90. The van der Waals surface area contributed by atoms with Gasteiger partial charge in [0, 0.05) is 5.92 Å². The van der Waals surface area contributed by atoms with Gasteiger partial charge < -0.3 is 5.32 Å². The van der Waals surface area contributed by atoms with Crippen molar-refractivity contribution in [2.24, 2.45) is 5.92 Å². The van der Waals surface area contributed by atoms with Crippen LogP contribution in [-0.4, -0.2) is 24.3 Å². The smallest absolute Gasteiger partial charge is 0.337 e. The third kappa shape index (κ3) is 4.39. The highest BCUT2D eigenvalue weighted by atomic mass is 19.4. The summed E-state index contributed by atoms with van der Waals surface area (Å²) < 4.78 is 71.4. The van der Waals surface area contributed by atoms with E-state index in [9.17, 15) is 31.1 Å². The van der Waals surface area contributed by atoms with Gasteiger partial charge in [-0.05, 0) is 0 Å². The van der Waals surface area contributed by atoms with Crippen LogP contribution in [0.25, 0.3) is 0 Å². The minimum atomic E-state index is -5.54. The zero-order valence-electron chi connectivity index (χ0n) is 7.83. The van der Waals surface area contributed by atoms with Crippen LogP contribution in [0.15, 0.2) is 0 Å². The fourth-order valence-electron chi connectivity index (χ4n) is 0.658. The largest absolute Gasteiger partial charge is 0.417 e. The highest BCUT2D eigenvalue weighted by molar-refractivity contribution is 5.78. The molecule has 0 aromatic heterocycles. The zero-order chi connectivity index (χ0) is 12.4. The molecule has 1 amide bonds. The second kappa shape index (κ2) is 4.28. The molecule has 0 fully saturated rings. The molecule has 0 bridgehead atoms. The maximum Gasteiger partial charge on any atom is 0.417 e. The Kier molecular flexibility index (Phi) is 4.01. The summed E-state index contributed by atoms with van der Waals surface area (Å²) in [6, 6.07) is -3.81. The fourth-order valence-corrected chi connectivity index (χ4v) is 0.658. The van der Waals surface area contributed by atoms with Crippen LogP contribution in [-0.2, 0) is 4.79 Å². The Hall–Kier alpha value is -0.950. The Morgan fingerprint density at radius 3 is 1.53 bits per heavy atom. The molecule has 2 nitrogen and oxygen atoms in total. The van der Waals surface area contributed by atoms with E-state index in [0.717, 1.165) is 5.32 Å². The molecule has 0 saturated carbocycles. The van der Waals surface area contributed by atoms with E-state index in [1.165, 1.54) is 13.8 Å². The van der Waals surface area contributed by atoms with Crippen LogP contribution in [0.2, 0.25) is 0 Å². The van der Waals surface area contributed by atoms with Crippen molar-refractivity contribution in [1.82, 2.24) is 5.32 Å². The van der Waals surface area contributed by atoms with Gasteiger partial charge >= 0.3 is 12.4 Å². The SMILES string of the molecule is CC(C)C(=O)NC(C(F)(F)F)C(F)(F)F. The molecule has 0 aromatic carbocycles. The van der Waals surface area contributed by atoms with Crippen molar-refractivity contribution in [2.75, 3.05) is 0 Å². The van der Waals surface area contributed by atoms with E-state index in [1.807, 2.05) is 0 Å². The molecule has 0 aliphatic rings. The Bertz CT molecular complexity index is 217. The van der Waals surface area contributed by atoms with E-state index in [0.29, 0.717) is 0 Å². The van der Waals surface area contributed by atoms with Crippen molar-refractivity contribution in [3.05, 3.63) is 0 Å². The predicted octanol–water partition coefficient (Wildman–Crippen LogP) is 2.25. The highest BCUT2D eigenvalue weighted by Gasteiger charge is 2.57. The van der Waals surface area contributed by atoms with E-state index < -0.39 is 30.2 Å². The topological polar surface area (TPSA) is 29.1 Å². The minimum Gasteiger partial charge on any atom is -0.337 e. The lowest BCUT2D eigenvalue weighted by Crippen LogP contribution is -2.55. The summed E-state index contributed by atoms with van der Waals surface area (Å²) in [5, 5.41) is 0.907. The first-order valence-corrected chi connectivity index (χ1v) is 3.90. The van der Waals surface area contributed by atoms with Gasteiger partial charge in [0.2, 0.25) is 11.9 Å². The van der Waals surface area contributed by atoms with Gasteiger partial charge in [0.15, 0.2) is 0 Å². The van der Waals surface area contributed by atoms with Crippen LogP contribution < -0.4 is 5.32 Å². The third-order valence-corrected chi connectivity index (χ3v) is 1.47. The molecule has 0 atom stereocenters. The van der Waals surface area contributed by atoms with Gasteiger partial charge in [-0.2, -0.15) is 26.3 Å². The number of alkyl halides is 6. The van der Waals surface area contributed by atoms with Crippen molar-refractivity contribution in [3.8, 4) is 0 Å². The van der Waals surface area contributed by atoms with Crippen molar-refractivity contribution < 1.29 is 31.1 Å². The molecule has 0 aliphatic carbocycles. The van der Waals surface area contributed by atoms with E-state index in [2.05, 4.69) is 0 Å². The number of hydrogen-bond acceptors (Lipinski definition) is 1. The van der Waals surface area contributed by atoms with Crippen LogP contribution in [0.4, 0.5) is 26.3 Å². The summed E-state index contributed by atoms with van der Waals surface area (Å²) in [5.74, 6) is -2.24. The van der Waals surface area contributed by atoms with Gasteiger partial charge in [0.1, 0.15) is 0 Å². The lowest BCUT2D eigenvalue weighted by Gasteiger charge is -2.24. The van der Waals surface area contributed by atoms with Crippen LogP contribution in [0, 0.1) is 5.92 Å². The summed E-state index contributed by atoms with van der Waals surface area (Å²) in [6.45, 7) is 2.39. The first kappa shape index (κ1) is 14.0. The van der Waals surface area contributed by atoms with E-state index in [1.54, 1.807) is 0 Å². The molecule has 1 N–H and O–H groups in total. The molecule has 0 aromatic rings. The predicted molar refractivity (Wildman–Crippen MR) is 38.9 cm³/mol.